The Hall–Kier alpha value is -3.56. The highest BCUT2D eigenvalue weighted by molar-refractivity contribution is 5.76. The Bertz CT molecular complexity index is 1270. The van der Waals surface area contributed by atoms with E-state index in [1.807, 2.05) is 0 Å². The van der Waals surface area contributed by atoms with Gasteiger partial charge in [-0.3, -0.25) is 0 Å². The van der Waals surface area contributed by atoms with E-state index in [0.717, 1.165) is 37.1 Å². The van der Waals surface area contributed by atoms with E-state index in [1.165, 1.54) is 6.07 Å². The second-order valence-corrected chi connectivity index (χ2v) is 9.45. The van der Waals surface area contributed by atoms with E-state index in [-0.39, 0.29) is 23.6 Å². The van der Waals surface area contributed by atoms with Crippen molar-refractivity contribution in [3.05, 3.63) is 106 Å². The largest absolute Gasteiger partial charge is 0.416 e. The molecule has 0 unspecified atom stereocenters. The van der Waals surface area contributed by atoms with Crippen LogP contribution in [0.5, 0.6) is 0 Å². The van der Waals surface area contributed by atoms with Gasteiger partial charge in [-0.15, -0.1) is 0 Å². The van der Waals surface area contributed by atoms with E-state index in [4.69, 9.17) is 0 Å². The number of rotatable bonds is 6. The maximum atomic E-state index is 14.7. The molecule has 1 aliphatic rings. The Labute approximate surface area is 215 Å². The van der Waals surface area contributed by atoms with Crippen LogP contribution in [0.3, 0.4) is 0 Å². The minimum atomic E-state index is -4.94. The number of urea groups is 1. The van der Waals surface area contributed by atoms with E-state index in [9.17, 15) is 35.5 Å². The summed E-state index contributed by atoms with van der Waals surface area (Å²) in [6.07, 6.45) is -6.79. The molecule has 1 atom stereocenters. The fourth-order valence-corrected chi connectivity index (χ4v) is 4.91. The number of alkyl halides is 6. The van der Waals surface area contributed by atoms with Gasteiger partial charge in [0.1, 0.15) is 5.82 Å². The molecule has 38 heavy (non-hydrogen) atoms. The van der Waals surface area contributed by atoms with Gasteiger partial charge < -0.3 is 10.6 Å². The van der Waals surface area contributed by atoms with Crippen LogP contribution in [-0.2, 0) is 24.3 Å². The normalized spacial score (nSPS) is 16.2. The highest BCUT2D eigenvalue weighted by Crippen LogP contribution is 2.40. The lowest BCUT2D eigenvalue weighted by Gasteiger charge is -2.37. The van der Waals surface area contributed by atoms with Gasteiger partial charge in [-0.25, -0.2) is 9.18 Å². The summed E-state index contributed by atoms with van der Waals surface area (Å²) in [5.41, 5.74) is -4.34. The zero-order valence-corrected chi connectivity index (χ0v) is 20.1. The van der Waals surface area contributed by atoms with Gasteiger partial charge in [0.15, 0.2) is 0 Å². The fourth-order valence-electron chi connectivity index (χ4n) is 4.91. The van der Waals surface area contributed by atoms with Crippen molar-refractivity contribution >= 4 is 6.03 Å². The predicted molar refractivity (Wildman–Crippen MR) is 128 cm³/mol. The molecule has 202 valence electrons. The molecule has 10 heteroatoms. The molecule has 2 amide bonds. The number of halogens is 7. The summed E-state index contributed by atoms with van der Waals surface area (Å²) >= 11 is 0. The molecule has 0 radical (unpaired) electrons. The number of hydrogen-bond acceptors (Lipinski definition) is 1. The van der Waals surface area contributed by atoms with E-state index < -0.39 is 40.9 Å². The zero-order chi connectivity index (χ0) is 27.6. The van der Waals surface area contributed by atoms with Gasteiger partial charge in [-0.2, -0.15) is 26.3 Å². The van der Waals surface area contributed by atoms with Crippen LogP contribution in [0.25, 0.3) is 0 Å². The summed E-state index contributed by atoms with van der Waals surface area (Å²) in [6.45, 7) is 0. The Kier molecular flexibility index (Phi) is 7.71. The molecule has 2 N–H and O–H groups in total. The number of amides is 2. The molecular weight excluding hydrogens is 513 g/mol. The molecule has 0 saturated heterocycles. The molecule has 3 aromatic rings. The third-order valence-corrected chi connectivity index (χ3v) is 6.73. The lowest BCUT2D eigenvalue weighted by Crippen LogP contribution is -2.53. The van der Waals surface area contributed by atoms with Crippen LogP contribution in [0.4, 0.5) is 35.5 Å². The van der Waals surface area contributed by atoms with Crippen molar-refractivity contribution in [2.24, 2.45) is 0 Å². The summed E-state index contributed by atoms with van der Waals surface area (Å²) < 4.78 is 96.9. The van der Waals surface area contributed by atoms with Crippen LogP contribution >= 0.6 is 0 Å². The Morgan fingerprint density at radius 1 is 0.737 bits per heavy atom. The first-order chi connectivity index (χ1) is 17.9. The van der Waals surface area contributed by atoms with E-state index in [2.05, 4.69) is 10.6 Å². The van der Waals surface area contributed by atoms with E-state index in [1.54, 1.807) is 30.3 Å². The van der Waals surface area contributed by atoms with Crippen LogP contribution in [-0.4, -0.2) is 12.1 Å². The van der Waals surface area contributed by atoms with Gasteiger partial charge in [-0.05, 0) is 59.9 Å². The second-order valence-electron chi connectivity index (χ2n) is 9.45. The van der Waals surface area contributed by atoms with Crippen molar-refractivity contribution in [2.45, 2.75) is 56.0 Å². The van der Waals surface area contributed by atoms with Crippen molar-refractivity contribution in [1.29, 1.82) is 0 Å². The van der Waals surface area contributed by atoms with Gasteiger partial charge in [0.2, 0.25) is 0 Å². The van der Waals surface area contributed by atoms with Gasteiger partial charge in [0.25, 0.3) is 0 Å². The topological polar surface area (TPSA) is 41.1 Å². The van der Waals surface area contributed by atoms with Crippen molar-refractivity contribution < 1.29 is 35.5 Å². The summed E-state index contributed by atoms with van der Waals surface area (Å²) in [4.78, 5) is 13.2. The van der Waals surface area contributed by atoms with Gasteiger partial charge in [0, 0.05) is 12.5 Å². The number of carbonyl (C=O) groups is 1. The minimum Gasteiger partial charge on any atom is -0.335 e. The van der Waals surface area contributed by atoms with E-state index in [0.29, 0.717) is 30.5 Å². The standard InChI is InChI=1S/C28H25F7N2O/c29-23-15-21(14-22(16-23)28(33,34)35)26(17-18-7-2-1-3-8-18,37-25(38)36-24-11-4-5-12-24)19-9-6-10-20(13-19)27(30,31)32/h1-3,6-10,13-16,24H,4-5,11-12,17H2,(H2,36,37,38)/t26-/m1/s1. The fraction of sp³-hybridized carbons (Fsp3) is 0.321. The molecule has 3 nitrogen and oxygen atoms in total. The van der Waals surface area contributed by atoms with Crippen LogP contribution in [0.1, 0.15) is 53.5 Å². The number of carbonyl (C=O) groups excluding carboxylic acids is 1. The predicted octanol–water partition coefficient (Wildman–Crippen LogP) is 7.59. The molecule has 0 spiro atoms. The molecular formula is C28H25F7N2O. The third-order valence-electron chi connectivity index (χ3n) is 6.73. The number of hydrogen-bond donors (Lipinski definition) is 2. The smallest absolute Gasteiger partial charge is 0.335 e. The average molecular weight is 539 g/mol. The van der Waals surface area contributed by atoms with Gasteiger partial charge in [0.05, 0.1) is 16.7 Å². The van der Waals surface area contributed by atoms with Crippen LogP contribution in [0.15, 0.2) is 72.8 Å². The monoisotopic (exact) mass is 538 g/mol. The van der Waals surface area contributed by atoms with Crippen molar-refractivity contribution in [1.82, 2.24) is 10.6 Å². The Balaban J connectivity index is 1.95. The molecule has 0 aromatic heterocycles. The highest BCUT2D eigenvalue weighted by atomic mass is 19.4. The van der Waals surface area contributed by atoms with Crippen molar-refractivity contribution in [2.75, 3.05) is 0 Å². The first kappa shape index (κ1) is 27.5. The first-order valence-electron chi connectivity index (χ1n) is 12.1. The minimum absolute atomic E-state index is 0.142. The zero-order valence-electron chi connectivity index (χ0n) is 20.1. The average Bonchev–Trinajstić information content (AvgIpc) is 3.36. The molecule has 3 aromatic carbocycles. The number of nitrogens with one attached hydrogen (secondary N) is 2. The molecule has 1 fully saturated rings. The lowest BCUT2D eigenvalue weighted by atomic mass is 9.77. The van der Waals surface area contributed by atoms with Gasteiger partial charge in [-0.1, -0.05) is 55.3 Å². The quantitative estimate of drug-likeness (QED) is 0.312. The van der Waals surface area contributed by atoms with Crippen LogP contribution < -0.4 is 10.6 Å². The van der Waals surface area contributed by atoms with E-state index >= 15 is 0 Å². The highest BCUT2D eigenvalue weighted by Gasteiger charge is 2.41. The molecule has 0 aliphatic heterocycles. The Morgan fingerprint density at radius 3 is 1.95 bits per heavy atom. The summed E-state index contributed by atoms with van der Waals surface area (Å²) in [7, 11) is 0. The van der Waals surface area contributed by atoms with Gasteiger partial charge >= 0.3 is 18.4 Å². The van der Waals surface area contributed by atoms with Crippen LogP contribution in [0, 0.1) is 5.82 Å². The Morgan fingerprint density at radius 2 is 1.32 bits per heavy atom. The number of benzene rings is 3. The second kappa shape index (κ2) is 10.7. The van der Waals surface area contributed by atoms with Crippen molar-refractivity contribution in [3.63, 3.8) is 0 Å². The first-order valence-corrected chi connectivity index (χ1v) is 12.1. The molecule has 1 aliphatic carbocycles. The molecule has 0 heterocycles. The lowest BCUT2D eigenvalue weighted by molar-refractivity contribution is -0.138. The molecule has 0 bridgehead atoms. The maximum absolute atomic E-state index is 14.7. The maximum Gasteiger partial charge on any atom is 0.416 e. The summed E-state index contributed by atoms with van der Waals surface area (Å²) in [6, 6.07) is 13.1. The third kappa shape index (κ3) is 6.28. The SMILES string of the molecule is O=C(NC1CCCC1)N[C@](Cc1ccccc1)(c1cccc(C(F)(F)F)c1)c1cc(F)cc(C(F)(F)F)c1. The van der Waals surface area contributed by atoms with Crippen LogP contribution in [0.2, 0.25) is 0 Å². The van der Waals surface area contributed by atoms with Crippen molar-refractivity contribution in [3.8, 4) is 0 Å². The molecule has 1 saturated carbocycles. The summed E-state index contributed by atoms with van der Waals surface area (Å²) in [5.74, 6) is -1.24. The molecule has 4 rings (SSSR count). The summed E-state index contributed by atoms with van der Waals surface area (Å²) in [5, 5.41) is 5.45.